The van der Waals surface area contributed by atoms with Crippen molar-refractivity contribution in [1.82, 2.24) is 0 Å². The molecule has 0 saturated carbocycles. The molecule has 1 unspecified atom stereocenters. The fourth-order valence-corrected chi connectivity index (χ4v) is 6.92. The number of hydrogen-bond donors (Lipinski definition) is 0. The Bertz CT molecular complexity index is 706. The van der Waals surface area contributed by atoms with Crippen LogP contribution in [0.25, 0.3) is 0 Å². The van der Waals surface area contributed by atoms with Crippen molar-refractivity contribution in [2.24, 2.45) is 0 Å². The first-order valence-electron chi connectivity index (χ1n) is 5.79. The number of thioether (sulfide) groups is 1. The van der Waals surface area contributed by atoms with E-state index in [2.05, 4.69) is 0 Å². The summed E-state index contributed by atoms with van der Waals surface area (Å²) in [6.07, 6.45) is 0.656. The molecule has 2 heterocycles. The molecule has 0 fully saturated rings. The molecule has 1 aromatic carbocycles. The minimum Gasteiger partial charge on any atom is -0.223 e. The van der Waals surface area contributed by atoms with Gasteiger partial charge in [-0.3, -0.25) is 0 Å². The molecule has 1 aliphatic heterocycles. The van der Waals surface area contributed by atoms with Gasteiger partial charge in [-0.2, -0.15) is 0 Å². The molecule has 1 atom stereocenters. The lowest BCUT2D eigenvalue weighted by Crippen LogP contribution is -2.16. The molecule has 6 heteroatoms. The number of benzene rings is 1. The number of rotatable bonds is 2. The first-order chi connectivity index (χ1) is 9.06. The van der Waals surface area contributed by atoms with Crippen LogP contribution < -0.4 is 0 Å². The van der Waals surface area contributed by atoms with Crippen molar-refractivity contribution in [2.45, 2.75) is 20.8 Å². The largest absolute Gasteiger partial charge is 0.223 e. The Kier molecular flexibility index (Phi) is 3.64. The van der Waals surface area contributed by atoms with Gasteiger partial charge in [-0.1, -0.05) is 17.7 Å². The maximum atomic E-state index is 12.0. The van der Waals surface area contributed by atoms with E-state index in [9.17, 15) is 8.42 Å². The second-order valence-electron chi connectivity index (χ2n) is 4.33. The van der Waals surface area contributed by atoms with Gasteiger partial charge in [0.25, 0.3) is 0 Å². The zero-order valence-electron chi connectivity index (χ0n) is 9.87. The van der Waals surface area contributed by atoms with Crippen molar-refractivity contribution in [2.75, 3.05) is 5.75 Å². The smallest absolute Gasteiger partial charge is 0.188 e. The third-order valence-corrected chi connectivity index (χ3v) is 7.89. The molecule has 2 aromatic rings. The van der Waals surface area contributed by atoms with Crippen molar-refractivity contribution in [3.8, 4) is 0 Å². The molecule has 0 N–H and O–H groups in total. The summed E-state index contributed by atoms with van der Waals surface area (Å²) < 4.78 is 24.5. The highest BCUT2D eigenvalue weighted by Gasteiger charge is 2.32. The van der Waals surface area contributed by atoms with Crippen molar-refractivity contribution >= 4 is 44.5 Å². The number of fused-ring (bicyclic) bond motifs is 1. The highest BCUT2D eigenvalue weighted by atomic mass is 35.5. The third-order valence-electron chi connectivity index (χ3n) is 3.01. The summed E-state index contributed by atoms with van der Waals surface area (Å²) >= 11 is 8.99. The van der Waals surface area contributed by atoms with Crippen molar-refractivity contribution in [3.05, 3.63) is 46.3 Å². The molecule has 0 aliphatic carbocycles. The predicted octanol–water partition coefficient (Wildman–Crippen LogP) is 4.41. The summed E-state index contributed by atoms with van der Waals surface area (Å²) in [5.74, 6) is 0.235. The van der Waals surface area contributed by atoms with Gasteiger partial charge in [0.15, 0.2) is 9.84 Å². The highest BCUT2D eigenvalue weighted by Crippen LogP contribution is 2.46. The van der Waals surface area contributed by atoms with Gasteiger partial charge in [-0.25, -0.2) is 8.42 Å². The van der Waals surface area contributed by atoms with E-state index in [1.807, 2.05) is 35.7 Å². The Morgan fingerprint density at radius 2 is 2.16 bits per heavy atom. The fourth-order valence-electron chi connectivity index (χ4n) is 2.13. The zero-order valence-corrected chi connectivity index (χ0v) is 13.1. The first-order valence-corrected chi connectivity index (χ1v) is 9.57. The predicted molar refractivity (Wildman–Crippen MR) is 81.0 cm³/mol. The molecular weight excluding hydrogens is 320 g/mol. The SMILES string of the molecule is O=S1(=O)CCC(Sc2cccc(Cl)c2)c2ccsc21. The number of sulfone groups is 1. The number of halogens is 1. The molecule has 2 nitrogen and oxygen atoms in total. The van der Waals surface area contributed by atoms with E-state index >= 15 is 0 Å². The van der Waals surface area contributed by atoms with Crippen LogP contribution in [0.15, 0.2) is 44.8 Å². The Balaban J connectivity index is 1.92. The second-order valence-corrected chi connectivity index (χ2v) is 9.27. The van der Waals surface area contributed by atoms with E-state index in [4.69, 9.17) is 11.6 Å². The normalized spacial score (nSPS) is 21.0. The summed E-state index contributed by atoms with van der Waals surface area (Å²) in [6, 6.07) is 9.61. The van der Waals surface area contributed by atoms with Crippen LogP contribution in [-0.4, -0.2) is 14.2 Å². The summed E-state index contributed by atoms with van der Waals surface area (Å²) in [7, 11) is -3.05. The van der Waals surface area contributed by atoms with Crippen molar-refractivity contribution < 1.29 is 8.42 Å². The standard InChI is InChI=1S/C13H11ClO2S3/c14-9-2-1-3-10(8-9)18-12-5-7-19(15,16)13-11(12)4-6-17-13/h1-4,6,8,12H,5,7H2. The number of thiophene rings is 1. The maximum Gasteiger partial charge on any atom is 0.188 e. The zero-order chi connectivity index (χ0) is 13.5. The molecular formula is C13H11ClO2S3. The monoisotopic (exact) mass is 330 g/mol. The lowest BCUT2D eigenvalue weighted by Gasteiger charge is -2.22. The molecule has 100 valence electrons. The average Bonchev–Trinajstić information content (AvgIpc) is 2.84. The van der Waals surface area contributed by atoms with Crippen LogP contribution in [0.4, 0.5) is 0 Å². The summed E-state index contributed by atoms with van der Waals surface area (Å²) in [5, 5.41) is 2.77. The quantitative estimate of drug-likeness (QED) is 0.817. The maximum absolute atomic E-state index is 12.0. The van der Waals surface area contributed by atoms with Crippen LogP contribution in [0.5, 0.6) is 0 Å². The van der Waals surface area contributed by atoms with Gasteiger partial charge >= 0.3 is 0 Å². The average molecular weight is 331 g/mol. The molecule has 1 aromatic heterocycles. The molecule has 0 amide bonds. The molecule has 0 saturated heterocycles. The Hall–Kier alpha value is -0.490. The topological polar surface area (TPSA) is 34.1 Å². The van der Waals surface area contributed by atoms with E-state index < -0.39 is 9.84 Å². The highest BCUT2D eigenvalue weighted by molar-refractivity contribution is 8.00. The van der Waals surface area contributed by atoms with Crippen molar-refractivity contribution in [1.29, 1.82) is 0 Å². The van der Waals surface area contributed by atoms with Crippen LogP contribution in [0.1, 0.15) is 17.2 Å². The van der Waals surface area contributed by atoms with E-state index in [0.717, 1.165) is 10.5 Å². The molecule has 19 heavy (non-hydrogen) atoms. The summed E-state index contributed by atoms with van der Waals surface area (Å²) in [4.78, 5) is 1.08. The molecule has 0 radical (unpaired) electrons. The van der Waals surface area contributed by atoms with Crippen LogP contribution in [0, 0.1) is 0 Å². The van der Waals surface area contributed by atoms with Crippen LogP contribution >= 0.6 is 34.7 Å². The van der Waals surface area contributed by atoms with Gasteiger partial charge in [0.1, 0.15) is 4.21 Å². The molecule has 0 spiro atoms. The first kappa shape index (κ1) is 13.5. The lowest BCUT2D eigenvalue weighted by atomic mass is 10.2. The summed E-state index contributed by atoms with van der Waals surface area (Å²) in [6.45, 7) is 0. The van der Waals surface area contributed by atoms with Gasteiger partial charge in [0, 0.05) is 15.2 Å². The van der Waals surface area contributed by atoms with Gasteiger partial charge < -0.3 is 0 Å². The van der Waals surface area contributed by atoms with E-state index in [-0.39, 0.29) is 11.0 Å². The second kappa shape index (κ2) is 5.13. The van der Waals surface area contributed by atoms with Gasteiger partial charge in [0.2, 0.25) is 0 Å². The van der Waals surface area contributed by atoms with Crippen molar-refractivity contribution in [3.63, 3.8) is 0 Å². The minimum atomic E-state index is -3.05. The van der Waals surface area contributed by atoms with E-state index in [0.29, 0.717) is 15.7 Å². The lowest BCUT2D eigenvalue weighted by molar-refractivity contribution is 0.588. The van der Waals surface area contributed by atoms with Gasteiger partial charge in [-0.15, -0.1) is 23.1 Å². The fraction of sp³-hybridized carbons (Fsp3) is 0.231. The van der Waals surface area contributed by atoms with Crippen LogP contribution in [-0.2, 0) is 9.84 Å². The van der Waals surface area contributed by atoms with Crippen LogP contribution in [0.2, 0.25) is 5.02 Å². The third kappa shape index (κ3) is 2.70. The Morgan fingerprint density at radius 1 is 1.32 bits per heavy atom. The Morgan fingerprint density at radius 3 is 2.95 bits per heavy atom. The van der Waals surface area contributed by atoms with E-state index in [1.165, 1.54) is 11.3 Å². The Labute approximate surface area is 125 Å². The molecule has 3 rings (SSSR count). The molecule has 0 bridgehead atoms. The minimum absolute atomic E-state index is 0.197. The summed E-state index contributed by atoms with van der Waals surface area (Å²) in [5.41, 5.74) is 0.946. The van der Waals surface area contributed by atoms with Gasteiger partial charge in [-0.05, 0) is 41.6 Å². The van der Waals surface area contributed by atoms with Gasteiger partial charge in [0.05, 0.1) is 5.75 Å². The number of hydrogen-bond acceptors (Lipinski definition) is 4. The molecule has 1 aliphatic rings. The van der Waals surface area contributed by atoms with Crippen LogP contribution in [0.3, 0.4) is 0 Å². The van der Waals surface area contributed by atoms with E-state index in [1.54, 1.807) is 11.8 Å².